The lowest BCUT2D eigenvalue weighted by Crippen LogP contribution is -2.00. The van der Waals surface area contributed by atoms with Crippen LogP contribution in [-0.4, -0.2) is 15.9 Å². The molecule has 82 valence electrons. The molecule has 0 amide bonds. The zero-order valence-electron chi connectivity index (χ0n) is 9.03. The Bertz CT molecular complexity index is 338. The average Bonchev–Trinajstić information content (AvgIpc) is 2.55. The van der Waals surface area contributed by atoms with Crippen molar-refractivity contribution in [1.82, 2.24) is 10.1 Å². The summed E-state index contributed by atoms with van der Waals surface area (Å²) in [6, 6.07) is 0. The van der Waals surface area contributed by atoms with Gasteiger partial charge in [-0.1, -0.05) is 30.8 Å². The molecule has 1 aromatic heterocycles. The first-order valence-electron chi connectivity index (χ1n) is 5.62. The highest BCUT2D eigenvalue weighted by Crippen LogP contribution is 2.29. The minimum atomic E-state index is -0.151. The highest BCUT2D eigenvalue weighted by molar-refractivity contribution is 5.89. The fraction of sp³-hybridized carbons (Fsp3) is 0.727. The average molecular weight is 208 g/mol. The Balaban J connectivity index is 2.10. The Morgan fingerprint density at radius 3 is 2.47 bits per heavy atom. The number of ketones is 1. The quantitative estimate of drug-likeness (QED) is 0.554. The fourth-order valence-corrected chi connectivity index (χ4v) is 2.08. The van der Waals surface area contributed by atoms with Crippen molar-refractivity contribution in [3.05, 3.63) is 11.7 Å². The van der Waals surface area contributed by atoms with Crippen molar-refractivity contribution < 1.29 is 9.32 Å². The van der Waals surface area contributed by atoms with Gasteiger partial charge in [0.1, 0.15) is 0 Å². The van der Waals surface area contributed by atoms with E-state index in [0.717, 1.165) is 18.7 Å². The Morgan fingerprint density at radius 1 is 1.27 bits per heavy atom. The fourth-order valence-electron chi connectivity index (χ4n) is 2.08. The molecule has 1 aromatic rings. The van der Waals surface area contributed by atoms with E-state index >= 15 is 0 Å². The number of carbonyl (C=O) groups excluding carboxylic acids is 1. The van der Waals surface area contributed by atoms with Crippen LogP contribution in [0.4, 0.5) is 0 Å². The SMILES string of the molecule is CC(=O)c1nc(C2CCCCCC2)no1. The largest absolute Gasteiger partial charge is 0.331 e. The highest BCUT2D eigenvalue weighted by atomic mass is 16.5. The molecule has 0 bridgehead atoms. The van der Waals surface area contributed by atoms with Crippen LogP contribution in [0.2, 0.25) is 0 Å². The zero-order valence-corrected chi connectivity index (χ0v) is 9.03. The first kappa shape index (κ1) is 10.3. The van der Waals surface area contributed by atoms with E-state index in [1.807, 2.05) is 0 Å². The van der Waals surface area contributed by atoms with Gasteiger partial charge in [0.25, 0.3) is 5.89 Å². The lowest BCUT2D eigenvalue weighted by atomic mass is 10.00. The van der Waals surface area contributed by atoms with Gasteiger partial charge in [0, 0.05) is 12.8 Å². The molecular weight excluding hydrogens is 192 g/mol. The van der Waals surface area contributed by atoms with Crippen LogP contribution in [0.5, 0.6) is 0 Å². The van der Waals surface area contributed by atoms with E-state index in [1.54, 1.807) is 0 Å². The minimum absolute atomic E-state index is 0.147. The van der Waals surface area contributed by atoms with Crippen molar-refractivity contribution >= 4 is 5.78 Å². The molecule has 0 aliphatic heterocycles. The second kappa shape index (κ2) is 4.55. The molecule has 1 saturated carbocycles. The molecule has 1 aliphatic rings. The monoisotopic (exact) mass is 208 g/mol. The van der Waals surface area contributed by atoms with Gasteiger partial charge in [-0.05, 0) is 12.8 Å². The summed E-state index contributed by atoms with van der Waals surface area (Å²) in [5.74, 6) is 1.11. The Morgan fingerprint density at radius 2 is 1.93 bits per heavy atom. The summed E-state index contributed by atoms with van der Waals surface area (Å²) in [5, 5.41) is 3.90. The topological polar surface area (TPSA) is 56.0 Å². The van der Waals surface area contributed by atoms with Crippen LogP contribution < -0.4 is 0 Å². The Labute approximate surface area is 89.1 Å². The minimum Gasteiger partial charge on any atom is -0.331 e. The zero-order chi connectivity index (χ0) is 10.7. The molecule has 1 aliphatic carbocycles. The van der Waals surface area contributed by atoms with Crippen molar-refractivity contribution in [3.8, 4) is 0 Å². The van der Waals surface area contributed by atoms with Gasteiger partial charge in [-0.15, -0.1) is 0 Å². The van der Waals surface area contributed by atoms with Gasteiger partial charge in [-0.2, -0.15) is 4.98 Å². The standard InChI is InChI=1S/C11H16N2O2/c1-8(14)11-12-10(13-15-11)9-6-4-2-3-5-7-9/h9H,2-7H2,1H3. The van der Waals surface area contributed by atoms with Crippen molar-refractivity contribution in [2.45, 2.75) is 51.4 Å². The summed E-state index contributed by atoms with van der Waals surface area (Å²) in [5.41, 5.74) is 0. The van der Waals surface area contributed by atoms with Crippen LogP contribution in [0.3, 0.4) is 0 Å². The van der Waals surface area contributed by atoms with E-state index in [0.29, 0.717) is 5.92 Å². The van der Waals surface area contributed by atoms with Crippen molar-refractivity contribution in [2.75, 3.05) is 0 Å². The highest BCUT2D eigenvalue weighted by Gasteiger charge is 2.20. The molecule has 4 nitrogen and oxygen atoms in total. The molecular formula is C11H16N2O2. The van der Waals surface area contributed by atoms with Gasteiger partial charge in [-0.3, -0.25) is 4.79 Å². The maximum absolute atomic E-state index is 11.0. The lowest BCUT2D eigenvalue weighted by molar-refractivity contribution is 0.0972. The molecule has 0 aromatic carbocycles. The molecule has 0 atom stereocenters. The second-order valence-corrected chi connectivity index (χ2v) is 4.20. The van der Waals surface area contributed by atoms with Crippen LogP contribution in [0.15, 0.2) is 4.52 Å². The van der Waals surface area contributed by atoms with Gasteiger partial charge >= 0.3 is 0 Å². The van der Waals surface area contributed by atoms with E-state index in [-0.39, 0.29) is 11.7 Å². The molecule has 4 heteroatoms. The van der Waals surface area contributed by atoms with Gasteiger partial charge in [0.15, 0.2) is 5.82 Å². The summed E-state index contributed by atoms with van der Waals surface area (Å²) in [6.07, 6.45) is 7.30. The molecule has 0 saturated heterocycles. The molecule has 0 N–H and O–H groups in total. The lowest BCUT2D eigenvalue weighted by Gasteiger charge is -2.07. The van der Waals surface area contributed by atoms with Crippen molar-refractivity contribution in [1.29, 1.82) is 0 Å². The predicted octanol–water partition coefficient (Wildman–Crippen LogP) is 2.71. The summed E-state index contributed by atoms with van der Waals surface area (Å²) >= 11 is 0. The number of aromatic nitrogens is 2. The van der Waals surface area contributed by atoms with E-state index in [4.69, 9.17) is 4.52 Å². The first-order valence-corrected chi connectivity index (χ1v) is 5.62. The summed E-state index contributed by atoms with van der Waals surface area (Å²) in [6.45, 7) is 1.45. The van der Waals surface area contributed by atoms with Gasteiger partial charge < -0.3 is 4.52 Å². The molecule has 15 heavy (non-hydrogen) atoms. The maximum Gasteiger partial charge on any atom is 0.293 e. The van der Waals surface area contributed by atoms with Gasteiger partial charge in [0.05, 0.1) is 0 Å². The predicted molar refractivity (Wildman–Crippen MR) is 54.7 cm³/mol. The van der Waals surface area contributed by atoms with Crippen LogP contribution in [0.1, 0.15) is 67.9 Å². The van der Waals surface area contributed by atoms with Gasteiger partial charge in [-0.25, -0.2) is 0 Å². The van der Waals surface area contributed by atoms with E-state index in [2.05, 4.69) is 10.1 Å². The van der Waals surface area contributed by atoms with E-state index in [1.165, 1.54) is 32.6 Å². The molecule has 1 fully saturated rings. The summed E-state index contributed by atoms with van der Waals surface area (Å²) in [4.78, 5) is 15.2. The van der Waals surface area contributed by atoms with Crippen LogP contribution in [0, 0.1) is 0 Å². The Hall–Kier alpha value is -1.19. The molecule has 2 rings (SSSR count). The van der Waals surface area contributed by atoms with Gasteiger partial charge in [0.2, 0.25) is 5.78 Å². The number of nitrogens with zero attached hydrogens (tertiary/aromatic N) is 2. The molecule has 0 unspecified atom stereocenters. The molecule has 0 spiro atoms. The third-order valence-corrected chi connectivity index (χ3v) is 2.96. The normalized spacial score (nSPS) is 18.7. The van der Waals surface area contributed by atoms with E-state index < -0.39 is 0 Å². The molecule has 0 radical (unpaired) electrons. The smallest absolute Gasteiger partial charge is 0.293 e. The third kappa shape index (κ3) is 2.43. The second-order valence-electron chi connectivity index (χ2n) is 4.20. The van der Waals surface area contributed by atoms with Crippen molar-refractivity contribution in [3.63, 3.8) is 0 Å². The first-order chi connectivity index (χ1) is 7.27. The number of Topliss-reactive ketones (excluding diaryl/α,β-unsaturated/α-hetero) is 1. The number of rotatable bonds is 2. The van der Waals surface area contributed by atoms with Crippen LogP contribution >= 0.6 is 0 Å². The van der Waals surface area contributed by atoms with E-state index in [9.17, 15) is 4.79 Å². The van der Waals surface area contributed by atoms with Crippen molar-refractivity contribution in [2.24, 2.45) is 0 Å². The number of hydrogen-bond acceptors (Lipinski definition) is 4. The molecule has 1 heterocycles. The number of carbonyl (C=O) groups is 1. The maximum atomic E-state index is 11.0. The third-order valence-electron chi connectivity index (χ3n) is 2.96. The Kier molecular flexibility index (Phi) is 3.14. The van der Waals surface area contributed by atoms with Crippen LogP contribution in [-0.2, 0) is 0 Å². The summed E-state index contributed by atoms with van der Waals surface area (Å²) < 4.78 is 4.91. The number of hydrogen-bond donors (Lipinski definition) is 0. The summed E-state index contributed by atoms with van der Waals surface area (Å²) in [7, 11) is 0. The van der Waals surface area contributed by atoms with Crippen LogP contribution in [0.25, 0.3) is 0 Å².